The third kappa shape index (κ3) is 7.73. The van der Waals surface area contributed by atoms with Crippen LogP contribution in [0.3, 0.4) is 0 Å². The highest BCUT2D eigenvalue weighted by molar-refractivity contribution is 7.93. The van der Waals surface area contributed by atoms with Crippen molar-refractivity contribution in [1.82, 2.24) is 4.90 Å². The summed E-state index contributed by atoms with van der Waals surface area (Å²) in [4.78, 5) is 2.33. The number of sulfone groups is 1. The number of hydrogen-bond donors (Lipinski definition) is 0. The van der Waals surface area contributed by atoms with Gasteiger partial charge in [0.2, 0.25) is 0 Å². The molecule has 1 unspecified atom stereocenters. The van der Waals surface area contributed by atoms with Gasteiger partial charge in [-0.25, -0.2) is 16.8 Å². The van der Waals surface area contributed by atoms with Crippen molar-refractivity contribution in [2.24, 2.45) is 0 Å². The van der Waals surface area contributed by atoms with Crippen LogP contribution in [-0.4, -0.2) is 58.9 Å². The maximum Gasteiger partial charge on any atom is 0.264 e. The molecule has 0 bridgehead atoms. The second-order valence-corrected chi connectivity index (χ2v) is 14.4. The smallest absolute Gasteiger partial charge is 0.264 e. The van der Waals surface area contributed by atoms with E-state index in [9.17, 15) is 16.8 Å². The monoisotopic (exact) mass is 580 g/mol. The fourth-order valence-electron chi connectivity index (χ4n) is 4.58. The van der Waals surface area contributed by atoms with E-state index in [1.165, 1.54) is 34.8 Å². The lowest BCUT2D eigenvalue weighted by Crippen LogP contribution is -2.44. The quantitative estimate of drug-likeness (QED) is 0.349. The average Bonchev–Trinajstić information content (AvgIpc) is 2.76. The molecule has 194 valence electrons. The predicted octanol–water partition coefficient (Wildman–Crippen LogP) is 5.91. The number of halogens is 3. The van der Waals surface area contributed by atoms with Crippen molar-refractivity contribution < 1.29 is 16.8 Å². The van der Waals surface area contributed by atoms with Gasteiger partial charge in [-0.1, -0.05) is 41.2 Å². The van der Waals surface area contributed by atoms with Crippen LogP contribution < -0.4 is 4.31 Å². The molecule has 0 aromatic heterocycles. The van der Waals surface area contributed by atoms with Crippen molar-refractivity contribution in [1.29, 1.82) is 0 Å². The van der Waals surface area contributed by atoms with Crippen LogP contribution in [0.1, 0.15) is 39.0 Å². The highest BCUT2D eigenvalue weighted by Crippen LogP contribution is 2.35. The summed E-state index contributed by atoms with van der Waals surface area (Å²) in [5.74, 6) is 0.151. The largest absolute Gasteiger partial charge is 0.299 e. The minimum absolute atomic E-state index is 0.00494. The maximum atomic E-state index is 13.7. The van der Waals surface area contributed by atoms with Gasteiger partial charge in [-0.3, -0.25) is 9.21 Å². The van der Waals surface area contributed by atoms with Crippen LogP contribution in [0, 0.1) is 0 Å². The van der Waals surface area contributed by atoms with E-state index in [0.29, 0.717) is 35.1 Å². The first kappa shape index (κ1) is 28.5. The first-order chi connectivity index (χ1) is 16.4. The van der Waals surface area contributed by atoms with Gasteiger partial charge in [-0.15, -0.1) is 0 Å². The molecule has 0 saturated carbocycles. The molecule has 2 aromatic carbocycles. The summed E-state index contributed by atoms with van der Waals surface area (Å²) < 4.78 is 52.5. The zero-order valence-corrected chi connectivity index (χ0v) is 23.7. The number of likely N-dealkylation sites (tertiary alicyclic amines) is 1. The second kappa shape index (κ2) is 12.0. The summed E-state index contributed by atoms with van der Waals surface area (Å²) in [7, 11) is -7.04. The molecule has 0 spiro atoms. The summed E-state index contributed by atoms with van der Waals surface area (Å²) >= 11 is 18.6. The summed E-state index contributed by atoms with van der Waals surface area (Å²) in [6.07, 6.45) is 5.44. The zero-order chi connectivity index (χ0) is 25.8. The molecule has 0 radical (unpaired) electrons. The van der Waals surface area contributed by atoms with Gasteiger partial charge in [0.25, 0.3) is 10.0 Å². The van der Waals surface area contributed by atoms with Crippen LogP contribution in [0.5, 0.6) is 0 Å². The van der Waals surface area contributed by atoms with Gasteiger partial charge in [0.1, 0.15) is 9.84 Å². The molecule has 35 heavy (non-hydrogen) atoms. The van der Waals surface area contributed by atoms with Crippen LogP contribution in [0.2, 0.25) is 15.1 Å². The Bertz CT molecular complexity index is 1220. The Balaban J connectivity index is 1.82. The minimum Gasteiger partial charge on any atom is -0.299 e. The molecule has 1 fully saturated rings. The lowest BCUT2D eigenvalue weighted by molar-refractivity contribution is 0.159. The van der Waals surface area contributed by atoms with Gasteiger partial charge in [0.15, 0.2) is 0 Å². The Hall–Kier alpha value is -1.03. The Morgan fingerprint density at radius 3 is 2.31 bits per heavy atom. The van der Waals surface area contributed by atoms with Crippen LogP contribution in [0.4, 0.5) is 5.69 Å². The minimum atomic E-state index is -3.96. The van der Waals surface area contributed by atoms with E-state index in [4.69, 9.17) is 34.8 Å². The molecule has 2 atom stereocenters. The topological polar surface area (TPSA) is 74.8 Å². The van der Waals surface area contributed by atoms with E-state index in [-0.39, 0.29) is 21.7 Å². The molecular formula is C24H31Cl3N2O4S2. The van der Waals surface area contributed by atoms with Crippen LogP contribution >= 0.6 is 34.8 Å². The predicted molar refractivity (Wildman–Crippen MR) is 145 cm³/mol. The lowest BCUT2D eigenvalue weighted by Gasteiger charge is -2.36. The van der Waals surface area contributed by atoms with Crippen molar-refractivity contribution >= 4 is 60.4 Å². The van der Waals surface area contributed by atoms with Crippen LogP contribution in [0.15, 0.2) is 47.4 Å². The molecule has 0 amide bonds. The van der Waals surface area contributed by atoms with Gasteiger partial charge in [0, 0.05) is 28.4 Å². The molecule has 1 aliphatic rings. The first-order valence-electron chi connectivity index (χ1n) is 11.6. The van der Waals surface area contributed by atoms with E-state index in [1.54, 1.807) is 18.2 Å². The third-order valence-electron chi connectivity index (χ3n) is 6.23. The summed E-state index contributed by atoms with van der Waals surface area (Å²) in [6, 6.07) is 10.3. The molecule has 1 saturated heterocycles. The molecule has 3 rings (SSSR count). The molecule has 1 heterocycles. The Kier molecular flexibility index (Phi) is 9.79. The maximum absolute atomic E-state index is 13.7. The summed E-state index contributed by atoms with van der Waals surface area (Å²) in [5, 5.41) is 1.10. The van der Waals surface area contributed by atoms with E-state index in [2.05, 4.69) is 4.90 Å². The van der Waals surface area contributed by atoms with E-state index >= 15 is 0 Å². The first-order valence-corrected chi connectivity index (χ1v) is 16.2. The Morgan fingerprint density at radius 1 is 1.00 bits per heavy atom. The van der Waals surface area contributed by atoms with Crippen LogP contribution in [-0.2, 0) is 19.9 Å². The standard InChI is InChI=1S/C24H31Cl3N2O4S2/c1-18(6-5-15-28-14-4-3-7-21(28)17-34(2,30)31)29(24-16-20(26)10-13-23(24)27)35(32,33)22-11-8-19(25)9-12-22/h8-13,16,18,21H,3-7,14-15,17H2,1-2H3/t18-,21?/m1/s1. The summed E-state index contributed by atoms with van der Waals surface area (Å²) in [6.45, 7) is 3.39. The molecule has 2 aromatic rings. The van der Waals surface area contributed by atoms with Gasteiger partial charge < -0.3 is 0 Å². The van der Waals surface area contributed by atoms with Crippen molar-refractivity contribution in [3.05, 3.63) is 57.5 Å². The highest BCUT2D eigenvalue weighted by Gasteiger charge is 2.32. The lowest BCUT2D eigenvalue weighted by atomic mass is 10.0. The van der Waals surface area contributed by atoms with Crippen LogP contribution in [0.25, 0.3) is 0 Å². The zero-order valence-electron chi connectivity index (χ0n) is 19.8. The second-order valence-electron chi connectivity index (χ2n) is 9.12. The molecular weight excluding hydrogens is 551 g/mol. The molecule has 0 N–H and O–H groups in total. The van der Waals surface area contributed by atoms with Gasteiger partial charge in [-0.2, -0.15) is 0 Å². The number of sulfonamides is 1. The Labute approximate surface area is 224 Å². The van der Waals surface area contributed by atoms with E-state index < -0.39 is 25.9 Å². The number of benzene rings is 2. The van der Waals surface area contributed by atoms with Gasteiger partial charge in [0.05, 0.1) is 21.4 Å². The number of anilines is 1. The molecule has 0 aliphatic carbocycles. The Morgan fingerprint density at radius 2 is 1.66 bits per heavy atom. The fraction of sp³-hybridized carbons (Fsp3) is 0.500. The van der Waals surface area contributed by atoms with Crippen molar-refractivity contribution in [2.75, 3.05) is 29.4 Å². The number of rotatable bonds is 10. The van der Waals surface area contributed by atoms with Crippen molar-refractivity contribution in [3.63, 3.8) is 0 Å². The average molecular weight is 582 g/mol. The molecule has 11 heteroatoms. The van der Waals surface area contributed by atoms with Gasteiger partial charge >= 0.3 is 0 Å². The van der Waals surface area contributed by atoms with E-state index in [0.717, 1.165) is 25.8 Å². The SMILES string of the molecule is C[C@H](CCCN1CCCCC1CS(C)(=O)=O)N(c1cc(Cl)ccc1Cl)S(=O)(=O)c1ccc(Cl)cc1. The normalized spacial score (nSPS) is 18.4. The van der Waals surface area contributed by atoms with Crippen molar-refractivity contribution in [2.45, 2.75) is 56.0 Å². The summed E-state index contributed by atoms with van der Waals surface area (Å²) in [5.41, 5.74) is 0.314. The number of piperidine rings is 1. The highest BCUT2D eigenvalue weighted by atomic mass is 35.5. The number of nitrogens with zero attached hydrogens (tertiary/aromatic N) is 2. The van der Waals surface area contributed by atoms with Crippen molar-refractivity contribution in [3.8, 4) is 0 Å². The molecule has 6 nitrogen and oxygen atoms in total. The van der Waals surface area contributed by atoms with Gasteiger partial charge in [-0.05, 0) is 88.2 Å². The molecule has 1 aliphatic heterocycles. The number of hydrogen-bond acceptors (Lipinski definition) is 5. The third-order valence-corrected chi connectivity index (χ3v) is 9.97. The van der Waals surface area contributed by atoms with E-state index in [1.807, 2.05) is 6.92 Å². The fourth-order valence-corrected chi connectivity index (χ4v) is 7.90.